The smallest absolute Gasteiger partial charge is 0.0127 e. The second-order valence-electron chi connectivity index (χ2n) is 4.67. The van der Waals surface area contributed by atoms with E-state index in [2.05, 4.69) is 31.1 Å². The summed E-state index contributed by atoms with van der Waals surface area (Å²) in [5.74, 6) is 6.14. The highest BCUT2D eigenvalue weighted by molar-refractivity contribution is 4.98. The second-order valence-corrected chi connectivity index (χ2v) is 4.67. The zero-order valence-electron chi connectivity index (χ0n) is 9.82. The standard InChI is InChI=1S/C13H23N/c1-4-5-6-9-12(14-3)13(2)10-7-8-11-13/h12,14H,6-11H2,1-3H3. The van der Waals surface area contributed by atoms with E-state index in [1.54, 1.807) is 0 Å². The Morgan fingerprint density at radius 1 is 1.36 bits per heavy atom. The maximum atomic E-state index is 3.48. The fourth-order valence-corrected chi connectivity index (χ4v) is 2.71. The molecule has 1 aliphatic rings. The van der Waals surface area contributed by atoms with Gasteiger partial charge in [0.15, 0.2) is 0 Å². The monoisotopic (exact) mass is 193 g/mol. The van der Waals surface area contributed by atoms with Gasteiger partial charge in [-0.2, -0.15) is 0 Å². The molecule has 1 fully saturated rings. The van der Waals surface area contributed by atoms with Crippen LogP contribution in [-0.2, 0) is 0 Å². The van der Waals surface area contributed by atoms with E-state index in [9.17, 15) is 0 Å². The van der Waals surface area contributed by atoms with Crippen molar-refractivity contribution in [2.45, 2.75) is 58.4 Å². The topological polar surface area (TPSA) is 12.0 Å². The minimum atomic E-state index is 0.532. The van der Waals surface area contributed by atoms with E-state index in [4.69, 9.17) is 0 Å². The molecule has 14 heavy (non-hydrogen) atoms. The Kier molecular flexibility index (Phi) is 4.48. The molecule has 1 aliphatic carbocycles. The van der Waals surface area contributed by atoms with Crippen molar-refractivity contribution in [3.63, 3.8) is 0 Å². The summed E-state index contributed by atoms with van der Waals surface area (Å²) in [6.45, 7) is 4.35. The van der Waals surface area contributed by atoms with Crippen molar-refractivity contribution >= 4 is 0 Å². The summed E-state index contributed by atoms with van der Waals surface area (Å²) in [6, 6.07) is 0.658. The minimum Gasteiger partial charge on any atom is -0.316 e. The van der Waals surface area contributed by atoms with Crippen LogP contribution in [0.2, 0.25) is 0 Å². The molecule has 1 saturated carbocycles. The minimum absolute atomic E-state index is 0.532. The molecule has 1 atom stereocenters. The van der Waals surface area contributed by atoms with Gasteiger partial charge in [-0.25, -0.2) is 0 Å². The second kappa shape index (κ2) is 5.41. The Hall–Kier alpha value is -0.480. The van der Waals surface area contributed by atoms with Crippen LogP contribution in [0.4, 0.5) is 0 Å². The predicted octanol–water partition coefficient (Wildman–Crippen LogP) is 2.96. The predicted molar refractivity (Wildman–Crippen MR) is 62.1 cm³/mol. The largest absolute Gasteiger partial charge is 0.316 e. The molecular weight excluding hydrogens is 170 g/mol. The highest BCUT2D eigenvalue weighted by Gasteiger charge is 2.35. The van der Waals surface area contributed by atoms with Gasteiger partial charge in [-0.1, -0.05) is 19.8 Å². The van der Waals surface area contributed by atoms with E-state index in [-0.39, 0.29) is 0 Å². The zero-order chi connectivity index (χ0) is 10.4. The molecule has 0 aromatic heterocycles. The van der Waals surface area contributed by atoms with Crippen LogP contribution in [0, 0.1) is 17.3 Å². The third-order valence-electron chi connectivity index (χ3n) is 3.67. The lowest BCUT2D eigenvalue weighted by atomic mass is 9.78. The van der Waals surface area contributed by atoms with E-state index in [0.29, 0.717) is 11.5 Å². The molecule has 0 heterocycles. The molecule has 1 unspecified atom stereocenters. The Balaban J connectivity index is 2.46. The molecule has 0 aromatic rings. The molecule has 0 bridgehead atoms. The SMILES string of the molecule is CC#CCCC(NC)C1(C)CCCC1. The molecule has 80 valence electrons. The highest BCUT2D eigenvalue weighted by atomic mass is 14.9. The lowest BCUT2D eigenvalue weighted by Crippen LogP contribution is -2.40. The molecule has 0 saturated heterocycles. The normalized spacial score (nSPS) is 21.4. The molecule has 0 spiro atoms. The average Bonchev–Trinajstić information content (AvgIpc) is 2.61. The van der Waals surface area contributed by atoms with Crippen LogP contribution in [0.1, 0.15) is 52.4 Å². The molecule has 0 radical (unpaired) electrons. The van der Waals surface area contributed by atoms with Crippen LogP contribution in [0.5, 0.6) is 0 Å². The lowest BCUT2D eigenvalue weighted by Gasteiger charge is -2.33. The summed E-state index contributed by atoms with van der Waals surface area (Å²) in [5, 5.41) is 3.48. The maximum absolute atomic E-state index is 3.48. The van der Waals surface area contributed by atoms with Crippen molar-refractivity contribution in [2.75, 3.05) is 7.05 Å². The summed E-state index contributed by atoms with van der Waals surface area (Å²) < 4.78 is 0. The quantitative estimate of drug-likeness (QED) is 0.677. The van der Waals surface area contributed by atoms with Gasteiger partial charge in [0.25, 0.3) is 0 Å². The first-order valence-corrected chi connectivity index (χ1v) is 5.80. The fraction of sp³-hybridized carbons (Fsp3) is 0.846. The van der Waals surface area contributed by atoms with Crippen LogP contribution >= 0.6 is 0 Å². The van der Waals surface area contributed by atoms with E-state index < -0.39 is 0 Å². The Labute approximate surface area is 88.7 Å². The average molecular weight is 193 g/mol. The van der Waals surface area contributed by atoms with Crippen LogP contribution in [0.25, 0.3) is 0 Å². The maximum Gasteiger partial charge on any atom is 0.0127 e. The van der Waals surface area contributed by atoms with Gasteiger partial charge in [-0.05, 0) is 38.6 Å². The fourth-order valence-electron chi connectivity index (χ4n) is 2.71. The van der Waals surface area contributed by atoms with Gasteiger partial charge in [0, 0.05) is 12.5 Å². The van der Waals surface area contributed by atoms with Crippen molar-refractivity contribution in [3.05, 3.63) is 0 Å². The van der Waals surface area contributed by atoms with Crippen LogP contribution < -0.4 is 5.32 Å². The van der Waals surface area contributed by atoms with Crippen molar-refractivity contribution < 1.29 is 0 Å². The van der Waals surface area contributed by atoms with E-state index in [1.807, 2.05) is 6.92 Å². The molecule has 0 aromatic carbocycles. The summed E-state index contributed by atoms with van der Waals surface area (Å²) >= 11 is 0. The van der Waals surface area contributed by atoms with Crippen LogP contribution in [0.3, 0.4) is 0 Å². The molecule has 1 heteroatoms. The van der Waals surface area contributed by atoms with Crippen molar-refractivity contribution in [2.24, 2.45) is 5.41 Å². The summed E-state index contributed by atoms with van der Waals surface area (Å²) in [4.78, 5) is 0. The molecule has 1 rings (SSSR count). The van der Waals surface area contributed by atoms with Crippen molar-refractivity contribution in [1.29, 1.82) is 0 Å². The number of hydrogen-bond acceptors (Lipinski definition) is 1. The van der Waals surface area contributed by atoms with Gasteiger partial charge in [0.1, 0.15) is 0 Å². The number of hydrogen-bond donors (Lipinski definition) is 1. The van der Waals surface area contributed by atoms with Gasteiger partial charge < -0.3 is 5.32 Å². The molecule has 1 N–H and O–H groups in total. The van der Waals surface area contributed by atoms with Crippen LogP contribution in [0.15, 0.2) is 0 Å². The first kappa shape index (κ1) is 11.6. The number of rotatable bonds is 4. The molecular formula is C13H23N. The summed E-state index contributed by atoms with van der Waals surface area (Å²) in [7, 11) is 2.09. The summed E-state index contributed by atoms with van der Waals surface area (Å²) in [6.07, 6.45) is 7.84. The van der Waals surface area contributed by atoms with Crippen molar-refractivity contribution in [3.8, 4) is 11.8 Å². The molecule has 1 nitrogen and oxygen atoms in total. The van der Waals surface area contributed by atoms with E-state index in [0.717, 1.165) is 6.42 Å². The Bertz CT molecular complexity index is 215. The highest BCUT2D eigenvalue weighted by Crippen LogP contribution is 2.41. The van der Waals surface area contributed by atoms with Gasteiger partial charge in [0.05, 0.1) is 0 Å². The number of nitrogens with one attached hydrogen (secondary N) is 1. The zero-order valence-corrected chi connectivity index (χ0v) is 9.82. The molecule has 0 aliphatic heterocycles. The molecule has 0 amide bonds. The van der Waals surface area contributed by atoms with Gasteiger partial charge >= 0.3 is 0 Å². The van der Waals surface area contributed by atoms with Gasteiger partial charge in [-0.15, -0.1) is 11.8 Å². The summed E-state index contributed by atoms with van der Waals surface area (Å²) in [5.41, 5.74) is 0.532. The lowest BCUT2D eigenvalue weighted by molar-refractivity contribution is 0.221. The first-order chi connectivity index (χ1) is 6.73. The van der Waals surface area contributed by atoms with E-state index in [1.165, 1.54) is 32.1 Å². The van der Waals surface area contributed by atoms with Crippen molar-refractivity contribution in [1.82, 2.24) is 5.32 Å². The Morgan fingerprint density at radius 3 is 2.50 bits per heavy atom. The van der Waals surface area contributed by atoms with Gasteiger partial charge in [0.2, 0.25) is 0 Å². The third-order valence-corrected chi connectivity index (χ3v) is 3.67. The van der Waals surface area contributed by atoms with E-state index >= 15 is 0 Å². The van der Waals surface area contributed by atoms with Gasteiger partial charge in [-0.3, -0.25) is 0 Å². The third kappa shape index (κ3) is 2.75. The van der Waals surface area contributed by atoms with Crippen LogP contribution in [-0.4, -0.2) is 13.1 Å². The first-order valence-electron chi connectivity index (χ1n) is 5.80. The Morgan fingerprint density at radius 2 is 2.00 bits per heavy atom.